The minimum atomic E-state index is -3.50. The Bertz CT molecular complexity index is 846. The minimum Gasteiger partial charge on any atom is -0.481 e. The van der Waals surface area contributed by atoms with Crippen LogP contribution < -0.4 is 10.1 Å². The number of pyridine rings is 1. The average Bonchev–Trinajstić information content (AvgIpc) is 2.69. The van der Waals surface area contributed by atoms with E-state index in [4.69, 9.17) is 4.74 Å². The summed E-state index contributed by atoms with van der Waals surface area (Å²) < 4.78 is 31.7. The van der Waals surface area contributed by atoms with Crippen molar-refractivity contribution in [3.05, 3.63) is 48.7 Å². The van der Waals surface area contributed by atoms with E-state index in [2.05, 4.69) is 10.3 Å². The van der Waals surface area contributed by atoms with Gasteiger partial charge in [0.05, 0.1) is 23.9 Å². The fourth-order valence-electron chi connectivity index (χ4n) is 2.92. The summed E-state index contributed by atoms with van der Waals surface area (Å²) in [6.45, 7) is 0.659. The van der Waals surface area contributed by atoms with E-state index in [-0.39, 0.29) is 16.7 Å². The van der Waals surface area contributed by atoms with Crippen molar-refractivity contribution in [3.63, 3.8) is 0 Å². The lowest BCUT2D eigenvalue weighted by Gasteiger charge is -2.30. The number of nitrogens with one attached hydrogen (secondary N) is 1. The zero-order valence-electron chi connectivity index (χ0n) is 14.5. The summed E-state index contributed by atoms with van der Waals surface area (Å²) in [5.74, 6) is 0.135. The van der Waals surface area contributed by atoms with Crippen LogP contribution in [0.25, 0.3) is 0 Å². The quantitative estimate of drug-likeness (QED) is 0.865. The summed E-state index contributed by atoms with van der Waals surface area (Å²) >= 11 is 0. The topological polar surface area (TPSA) is 88.6 Å². The third-order valence-corrected chi connectivity index (χ3v) is 6.33. The predicted molar refractivity (Wildman–Crippen MR) is 97.3 cm³/mol. The fourth-order valence-corrected chi connectivity index (χ4v) is 4.41. The monoisotopic (exact) mass is 375 g/mol. The molecule has 0 unspecified atom stereocenters. The molecule has 1 amide bonds. The number of piperidine rings is 1. The molecule has 1 aliphatic heterocycles. The van der Waals surface area contributed by atoms with Gasteiger partial charge in [-0.1, -0.05) is 18.2 Å². The Balaban J connectivity index is 1.58. The van der Waals surface area contributed by atoms with Crippen molar-refractivity contribution in [2.45, 2.75) is 17.7 Å². The molecule has 0 saturated carbocycles. The van der Waals surface area contributed by atoms with Gasteiger partial charge in [0.2, 0.25) is 21.8 Å². The number of hydrogen-bond acceptors (Lipinski definition) is 5. The number of nitrogens with zero attached hydrogens (tertiary/aromatic N) is 2. The van der Waals surface area contributed by atoms with Gasteiger partial charge in [-0.15, -0.1) is 0 Å². The van der Waals surface area contributed by atoms with E-state index >= 15 is 0 Å². The zero-order chi connectivity index (χ0) is 18.6. The highest BCUT2D eigenvalue weighted by molar-refractivity contribution is 7.89. The summed E-state index contributed by atoms with van der Waals surface area (Å²) in [6.07, 6.45) is 2.51. The fraction of sp³-hybridized carbons (Fsp3) is 0.333. The van der Waals surface area contributed by atoms with Gasteiger partial charge in [0, 0.05) is 25.1 Å². The lowest BCUT2D eigenvalue weighted by molar-refractivity contribution is -0.120. The standard InChI is InChI=1S/C18H21N3O4S/c1-25-17-8-7-15(13-19-17)20-18(22)14-9-11-21(12-10-14)26(23,24)16-5-3-2-4-6-16/h2-8,13-14H,9-12H2,1H3,(H,20,22). The number of aromatic nitrogens is 1. The Morgan fingerprint density at radius 1 is 1.15 bits per heavy atom. The first-order chi connectivity index (χ1) is 12.5. The van der Waals surface area contributed by atoms with Crippen LogP contribution in [0.15, 0.2) is 53.6 Å². The van der Waals surface area contributed by atoms with E-state index in [1.807, 2.05) is 0 Å². The molecule has 0 radical (unpaired) electrons. The lowest BCUT2D eigenvalue weighted by atomic mass is 9.97. The zero-order valence-corrected chi connectivity index (χ0v) is 15.3. The second-order valence-electron chi connectivity index (χ2n) is 6.07. The molecule has 138 valence electrons. The number of sulfonamides is 1. The van der Waals surface area contributed by atoms with Gasteiger partial charge in [-0.3, -0.25) is 4.79 Å². The molecule has 0 bridgehead atoms. The smallest absolute Gasteiger partial charge is 0.243 e. The van der Waals surface area contributed by atoms with Crippen molar-refractivity contribution in [1.29, 1.82) is 0 Å². The van der Waals surface area contributed by atoms with E-state index in [9.17, 15) is 13.2 Å². The Kier molecular flexibility index (Phi) is 5.53. The molecule has 26 heavy (non-hydrogen) atoms. The van der Waals surface area contributed by atoms with Crippen molar-refractivity contribution < 1.29 is 17.9 Å². The Hall–Kier alpha value is -2.45. The number of carbonyl (C=O) groups is 1. The molecule has 1 N–H and O–H groups in total. The highest BCUT2D eigenvalue weighted by Crippen LogP contribution is 2.25. The molecule has 3 rings (SSSR count). The van der Waals surface area contributed by atoms with Crippen LogP contribution in [-0.4, -0.2) is 43.8 Å². The largest absolute Gasteiger partial charge is 0.481 e. The second-order valence-corrected chi connectivity index (χ2v) is 8.01. The van der Waals surface area contributed by atoms with Gasteiger partial charge in [0.15, 0.2) is 0 Å². The first kappa shape index (κ1) is 18.3. The third kappa shape index (κ3) is 4.03. The second kappa shape index (κ2) is 7.84. The van der Waals surface area contributed by atoms with E-state index in [1.165, 1.54) is 17.6 Å². The van der Waals surface area contributed by atoms with E-state index < -0.39 is 10.0 Å². The maximum Gasteiger partial charge on any atom is 0.243 e. The first-order valence-corrected chi connectivity index (χ1v) is 9.81. The molecule has 2 heterocycles. The lowest BCUT2D eigenvalue weighted by Crippen LogP contribution is -2.41. The van der Waals surface area contributed by atoms with Crippen LogP contribution in [0.5, 0.6) is 5.88 Å². The van der Waals surface area contributed by atoms with Gasteiger partial charge < -0.3 is 10.1 Å². The molecule has 1 fully saturated rings. The Morgan fingerprint density at radius 3 is 2.42 bits per heavy atom. The highest BCUT2D eigenvalue weighted by atomic mass is 32.2. The molecule has 1 aromatic heterocycles. The molecule has 0 aliphatic carbocycles. The third-order valence-electron chi connectivity index (χ3n) is 4.42. The van der Waals surface area contributed by atoms with Crippen molar-refractivity contribution in [3.8, 4) is 5.88 Å². The molecular weight excluding hydrogens is 354 g/mol. The number of benzene rings is 1. The van der Waals surface area contributed by atoms with Crippen LogP contribution >= 0.6 is 0 Å². The average molecular weight is 375 g/mol. The maximum atomic E-state index is 12.6. The summed E-state index contributed by atoms with van der Waals surface area (Å²) in [4.78, 5) is 16.7. The Morgan fingerprint density at radius 2 is 1.85 bits per heavy atom. The van der Waals surface area contributed by atoms with E-state index in [1.54, 1.807) is 42.5 Å². The molecule has 1 saturated heterocycles. The number of carbonyl (C=O) groups excluding carboxylic acids is 1. The summed E-state index contributed by atoms with van der Waals surface area (Å²) in [7, 11) is -1.97. The number of amides is 1. The molecule has 0 spiro atoms. The van der Waals surface area contributed by atoms with Crippen LogP contribution in [0.1, 0.15) is 12.8 Å². The van der Waals surface area contributed by atoms with E-state index in [0.717, 1.165) is 0 Å². The van der Waals surface area contributed by atoms with Gasteiger partial charge in [-0.05, 0) is 31.0 Å². The van der Waals surface area contributed by atoms with Crippen LogP contribution in [0.3, 0.4) is 0 Å². The molecule has 1 aliphatic rings. The summed E-state index contributed by atoms with van der Waals surface area (Å²) in [5, 5.41) is 2.82. The number of hydrogen-bond donors (Lipinski definition) is 1. The van der Waals surface area contributed by atoms with Crippen molar-refractivity contribution in [2.75, 3.05) is 25.5 Å². The van der Waals surface area contributed by atoms with Crippen LogP contribution in [-0.2, 0) is 14.8 Å². The first-order valence-electron chi connectivity index (χ1n) is 8.37. The molecule has 2 aromatic rings. The highest BCUT2D eigenvalue weighted by Gasteiger charge is 2.32. The number of ether oxygens (including phenoxy) is 1. The predicted octanol–water partition coefficient (Wildman–Crippen LogP) is 2.13. The van der Waals surface area contributed by atoms with Crippen molar-refractivity contribution in [2.24, 2.45) is 5.92 Å². The van der Waals surface area contributed by atoms with Gasteiger partial charge in [-0.2, -0.15) is 4.31 Å². The summed E-state index contributed by atoms with van der Waals surface area (Å²) in [5.41, 5.74) is 0.593. The number of rotatable bonds is 5. The molecule has 1 aromatic carbocycles. The van der Waals surface area contributed by atoms with Crippen molar-refractivity contribution >= 4 is 21.6 Å². The number of anilines is 1. The summed E-state index contributed by atoms with van der Waals surface area (Å²) in [6, 6.07) is 11.8. The van der Waals surface area contributed by atoms with Crippen LogP contribution in [0, 0.1) is 5.92 Å². The molecule has 8 heteroatoms. The number of methoxy groups -OCH3 is 1. The van der Waals surface area contributed by atoms with Gasteiger partial charge in [0.1, 0.15) is 0 Å². The van der Waals surface area contributed by atoms with Crippen molar-refractivity contribution in [1.82, 2.24) is 9.29 Å². The van der Waals surface area contributed by atoms with Crippen LogP contribution in [0.2, 0.25) is 0 Å². The van der Waals surface area contributed by atoms with Crippen LogP contribution in [0.4, 0.5) is 5.69 Å². The Labute approximate surface area is 153 Å². The molecule has 0 atom stereocenters. The van der Waals surface area contributed by atoms with Gasteiger partial charge in [-0.25, -0.2) is 13.4 Å². The van der Waals surface area contributed by atoms with E-state index in [0.29, 0.717) is 37.5 Å². The molecule has 7 nitrogen and oxygen atoms in total. The maximum absolute atomic E-state index is 12.6. The van der Waals surface area contributed by atoms with Gasteiger partial charge >= 0.3 is 0 Å². The minimum absolute atomic E-state index is 0.117. The van der Waals surface area contributed by atoms with Gasteiger partial charge in [0.25, 0.3) is 0 Å². The normalized spacial score (nSPS) is 16.2. The molecular formula is C18H21N3O4S. The SMILES string of the molecule is COc1ccc(NC(=O)C2CCN(S(=O)(=O)c3ccccc3)CC2)cn1.